The van der Waals surface area contributed by atoms with Gasteiger partial charge in [-0.2, -0.15) is 0 Å². The minimum Gasteiger partial charge on any atom is -0.458 e. The molecule has 0 radical (unpaired) electrons. The average molecular weight is 723 g/mol. The van der Waals surface area contributed by atoms with E-state index in [4.69, 9.17) is 4.74 Å². The highest BCUT2D eigenvalue weighted by molar-refractivity contribution is 8.00. The van der Waals surface area contributed by atoms with Crippen molar-refractivity contribution in [1.29, 1.82) is 0 Å². The predicted molar refractivity (Wildman–Crippen MR) is 230 cm³/mol. The Morgan fingerprint density at radius 1 is 0.463 bits per heavy atom. The van der Waals surface area contributed by atoms with Crippen LogP contribution in [0.2, 0.25) is 0 Å². The Bertz CT molecular complexity index is 3340. The normalized spacial score (nSPS) is 13.2. The largest absolute Gasteiger partial charge is 0.458 e. The number of para-hydroxylation sites is 4. The summed E-state index contributed by atoms with van der Waals surface area (Å²) in [4.78, 5) is 2.55. The van der Waals surface area contributed by atoms with E-state index in [9.17, 15) is 0 Å². The second-order valence-electron chi connectivity index (χ2n) is 14.4. The van der Waals surface area contributed by atoms with Gasteiger partial charge in [-0.05, 0) is 59.5 Å². The van der Waals surface area contributed by atoms with Gasteiger partial charge in [-0.3, -0.25) is 0 Å². The first-order chi connectivity index (χ1) is 26.8. The number of nitrogens with zero attached hydrogens (tertiary/aromatic N) is 2. The highest BCUT2D eigenvalue weighted by atomic mass is 32.2. The van der Waals surface area contributed by atoms with Gasteiger partial charge >= 0.3 is 0 Å². The topological polar surface area (TPSA) is 19.1 Å². The van der Waals surface area contributed by atoms with Gasteiger partial charge in [0.1, 0.15) is 11.5 Å². The van der Waals surface area contributed by atoms with Crippen molar-refractivity contribution >= 4 is 110 Å². The van der Waals surface area contributed by atoms with Crippen LogP contribution in [0, 0.1) is 0 Å². The molecule has 13 rings (SSSR count). The molecular formula is C48H27BN2OS2. The van der Waals surface area contributed by atoms with E-state index in [1.54, 1.807) is 0 Å². The summed E-state index contributed by atoms with van der Waals surface area (Å²) in [6, 6.07) is 59.9. The van der Waals surface area contributed by atoms with Crippen LogP contribution in [-0.4, -0.2) is 15.8 Å². The molecule has 3 aromatic heterocycles. The second-order valence-corrected chi connectivity index (χ2v) is 16.5. The van der Waals surface area contributed by atoms with E-state index < -0.39 is 0 Å². The van der Waals surface area contributed by atoms with Crippen LogP contribution in [0.4, 0.5) is 0 Å². The molecule has 0 amide bonds. The Morgan fingerprint density at radius 2 is 1.07 bits per heavy atom. The van der Waals surface area contributed by atoms with Crippen LogP contribution >= 0.6 is 23.1 Å². The fraction of sp³-hybridized carbons (Fsp3) is 0. The highest BCUT2D eigenvalue weighted by Gasteiger charge is 2.39. The molecule has 0 aliphatic carbocycles. The van der Waals surface area contributed by atoms with Gasteiger partial charge in [0.25, 0.3) is 6.71 Å². The maximum absolute atomic E-state index is 6.90. The monoisotopic (exact) mass is 722 g/mol. The van der Waals surface area contributed by atoms with E-state index >= 15 is 0 Å². The fourth-order valence-corrected chi connectivity index (χ4v) is 12.0. The van der Waals surface area contributed by atoms with Gasteiger partial charge in [-0.1, -0.05) is 126 Å². The van der Waals surface area contributed by atoms with E-state index in [0.29, 0.717) is 0 Å². The maximum Gasteiger partial charge on any atom is 0.253 e. The van der Waals surface area contributed by atoms with Crippen LogP contribution < -0.4 is 21.1 Å². The Kier molecular flexibility index (Phi) is 5.80. The van der Waals surface area contributed by atoms with Gasteiger partial charge < -0.3 is 13.9 Å². The van der Waals surface area contributed by atoms with Gasteiger partial charge in [0, 0.05) is 63.3 Å². The number of rotatable bonds is 2. The third-order valence-electron chi connectivity index (χ3n) is 11.6. The highest BCUT2D eigenvalue weighted by Crippen LogP contribution is 2.51. The molecule has 5 heterocycles. The third kappa shape index (κ3) is 3.74. The molecule has 6 heteroatoms. The first kappa shape index (κ1) is 29.3. The molecule has 3 nitrogen and oxygen atoms in total. The molecule has 54 heavy (non-hydrogen) atoms. The second kappa shape index (κ2) is 10.7. The molecule has 0 bridgehead atoms. The molecule has 0 saturated carbocycles. The quantitative estimate of drug-likeness (QED) is 0.166. The first-order valence-electron chi connectivity index (χ1n) is 18.4. The van der Waals surface area contributed by atoms with Crippen molar-refractivity contribution in [2.45, 2.75) is 9.79 Å². The Hall–Kier alpha value is -6.21. The predicted octanol–water partition coefficient (Wildman–Crippen LogP) is 11.3. The fourth-order valence-electron chi connectivity index (χ4n) is 9.50. The molecule has 8 aromatic carbocycles. The van der Waals surface area contributed by atoms with Crippen molar-refractivity contribution in [2.75, 3.05) is 0 Å². The van der Waals surface area contributed by atoms with Crippen LogP contribution in [-0.2, 0) is 0 Å². The Labute approximate surface area is 318 Å². The van der Waals surface area contributed by atoms with Crippen molar-refractivity contribution in [3.8, 4) is 22.9 Å². The van der Waals surface area contributed by atoms with Crippen molar-refractivity contribution in [1.82, 2.24) is 9.13 Å². The average Bonchev–Trinajstić information content (AvgIpc) is 3.89. The van der Waals surface area contributed by atoms with Crippen LogP contribution in [0.1, 0.15) is 0 Å². The summed E-state index contributed by atoms with van der Waals surface area (Å²) in [7, 11) is 0. The number of benzene rings is 8. The van der Waals surface area contributed by atoms with E-state index in [2.05, 4.69) is 173 Å². The Morgan fingerprint density at radius 3 is 1.89 bits per heavy atom. The van der Waals surface area contributed by atoms with Crippen molar-refractivity contribution in [3.05, 3.63) is 164 Å². The molecule has 0 fully saturated rings. The summed E-state index contributed by atoms with van der Waals surface area (Å²) in [5.74, 6) is 1.87. The zero-order valence-corrected chi connectivity index (χ0v) is 30.4. The third-order valence-corrected chi connectivity index (χ3v) is 13.9. The first-order valence-corrected chi connectivity index (χ1v) is 20.0. The summed E-state index contributed by atoms with van der Waals surface area (Å²) in [6.45, 7) is 0.123. The van der Waals surface area contributed by atoms with Crippen molar-refractivity contribution in [3.63, 3.8) is 0 Å². The lowest BCUT2D eigenvalue weighted by Crippen LogP contribution is -2.57. The molecule has 0 N–H and O–H groups in total. The van der Waals surface area contributed by atoms with Crippen LogP contribution in [0.3, 0.4) is 0 Å². The lowest BCUT2D eigenvalue weighted by atomic mass is 9.35. The number of ether oxygens (including phenoxy) is 1. The van der Waals surface area contributed by atoms with Gasteiger partial charge in [0.15, 0.2) is 0 Å². The SMILES string of the molecule is c1ccc(-n2c3ccccc3c3c4sc5ccccc5c4c4c(c5ccccc5n4-c4cc5c6c(c4)Sc4ccccc4B6c4ccccc4O5)c32)cc1. The summed E-state index contributed by atoms with van der Waals surface area (Å²) in [6.07, 6.45) is 0. The molecule has 2 aliphatic heterocycles. The minimum absolute atomic E-state index is 0.123. The summed E-state index contributed by atoms with van der Waals surface area (Å²) in [5, 5.41) is 7.69. The number of hydrogen-bond donors (Lipinski definition) is 0. The zero-order chi connectivity index (χ0) is 35.1. The number of aromatic nitrogens is 2. The van der Waals surface area contributed by atoms with E-state index in [1.165, 1.54) is 90.0 Å². The molecule has 2 aliphatic rings. The molecular weight excluding hydrogens is 695 g/mol. The molecule has 0 saturated heterocycles. The summed E-state index contributed by atoms with van der Waals surface area (Å²) < 4.78 is 14.6. The molecule has 0 spiro atoms. The molecule has 250 valence electrons. The van der Waals surface area contributed by atoms with Crippen LogP contribution in [0.5, 0.6) is 11.5 Å². The lowest BCUT2D eigenvalue weighted by Gasteiger charge is -2.33. The lowest BCUT2D eigenvalue weighted by molar-refractivity contribution is 0.486. The van der Waals surface area contributed by atoms with Crippen molar-refractivity contribution < 1.29 is 4.74 Å². The minimum atomic E-state index is 0.123. The van der Waals surface area contributed by atoms with E-state index in [0.717, 1.165) is 22.9 Å². The van der Waals surface area contributed by atoms with Gasteiger partial charge in [0.05, 0.1) is 27.8 Å². The van der Waals surface area contributed by atoms with Crippen molar-refractivity contribution in [2.24, 2.45) is 0 Å². The van der Waals surface area contributed by atoms with E-state index in [1.807, 2.05) is 23.1 Å². The zero-order valence-electron chi connectivity index (χ0n) is 28.8. The summed E-state index contributed by atoms with van der Waals surface area (Å²) in [5.41, 5.74) is 11.0. The van der Waals surface area contributed by atoms with Gasteiger partial charge in [-0.25, -0.2) is 0 Å². The van der Waals surface area contributed by atoms with Gasteiger partial charge in [-0.15, -0.1) is 11.3 Å². The van der Waals surface area contributed by atoms with Gasteiger partial charge in [0.2, 0.25) is 0 Å². The van der Waals surface area contributed by atoms with E-state index in [-0.39, 0.29) is 6.71 Å². The van der Waals surface area contributed by atoms with Crippen LogP contribution in [0.25, 0.3) is 75.2 Å². The maximum atomic E-state index is 6.90. The number of thiophene rings is 1. The molecule has 0 atom stereocenters. The number of fused-ring (bicyclic) bond motifs is 16. The standard InChI is InChI=1S/C48H27BN2OS2/c1-2-14-28(15-3-1)50-36-22-10-5-17-31(36)43-46(50)42-30-16-4-9-21-35(30)51(47(42)44-32-18-6-12-24-39(32)54-48(43)44)29-26-38-45-41(27-29)53-40-25-13-8-20-34(40)49(45)33-19-7-11-23-37(33)52-38/h1-27H. The van der Waals surface area contributed by atoms with Crippen LogP contribution in [0.15, 0.2) is 174 Å². The molecule has 0 unspecified atom stereocenters. The smallest absolute Gasteiger partial charge is 0.253 e. The molecule has 11 aromatic rings. The summed E-state index contributed by atoms with van der Waals surface area (Å²) >= 11 is 3.78. The number of hydrogen-bond acceptors (Lipinski definition) is 3. The Balaban J connectivity index is 1.24.